The van der Waals surface area contributed by atoms with E-state index in [1.54, 1.807) is 0 Å². The Bertz CT molecular complexity index is 305. The summed E-state index contributed by atoms with van der Waals surface area (Å²) in [6.07, 6.45) is -4.14. The van der Waals surface area contributed by atoms with Crippen molar-refractivity contribution in [3.63, 3.8) is 0 Å². The Kier molecular flexibility index (Phi) is 4.33. The Morgan fingerprint density at radius 2 is 2.06 bits per heavy atom. The number of halogens is 3. The van der Waals surface area contributed by atoms with Crippen molar-refractivity contribution in [1.82, 2.24) is 4.90 Å². The van der Waals surface area contributed by atoms with Crippen LogP contribution >= 0.6 is 0 Å². The van der Waals surface area contributed by atoms with Crippen LogP contribution in [0.3, 0.4) is 0 Å². The smallest absolute Gasteiger partial charge is 0.411 e. The van der Waals surface area contributed by atoms with Crippen LogP contribution in [0, 0.1) is 5.92 Å². The number of hydrogen-bond donors (Lipinski definition) is 1. The first-order valence-electron chi connectivity index (χ1n) is 4.94. The lowest BCUT2D eigenvalue weighted by Crippen LogP contribution is -2.34. The minimum Gasteiger partial charge on any atom is -0.481 e. The number of alkyl halides is 3. The summed E-state index contributed by atoms with van der Waals surface area (Å²) in [5.41, 5.74) is 0. The molecule has 98 valence electrons. The molecule has 1 aliphatic heterocycles. The zero-order chi connectivity index (χ0) is 13.1. The van der Waals surface area contributed by atoms with Crippen LogP contribution in [-0.4, -0.2) is 54.4 Å². The lowest BCUT2D eigenvalue weighted by atomic mass is 10.1. The van der Waals surface area contributed by atoms with Crippen LogP contribution in [0.15, 0.2) is 0 Å². The van der Waals surface area contributed by atoms with Gasteiger partial charge < -0.3 is 14.7 Å². The molecule has 0 spiro atoms. The van der Waals surface area contributed by atoms with E-state index in [1.165, 1.54) is 4.90 Å². The number of rotatable bonds is 4. The number of carbonyl (C=O) groups excluding carboxylic acids is 1. The van der Waals surface area contributed by atoms with Crippen LogP contribution in [0.4, 0.5) is 13.2 Å². The van der Waals surface area contributed by atoms with Gasteiger partial charge in [-0.1, -0.05) is 0 Å². The van der Waals surface area contributed by atoms with Crippen LogP contribution in [0.1, 0.15) is 6.42 Å². The second-order valence-electron chi connectivity index (χ2n) is 3.77. The highest BCUT2D eigenvalue weighted by Gasteiger charge is 2.32. The summed E-state index contributed by atoms with van der Waals surface area (Å²) in [4.78, 5) is 23.1. The number of aliphatic carboxylic acids is 1. The number of nitrogens with zero attached hydrogens (tertiary/aromatic N) is 1. The molecule has 0 bridgehead atoms. The molecular formula is C9H12F3NO4. The van der Waals surface area contributed by atoms with Gasteiger partial charge in [0.15, 0.2) is 0 Å². The van der Waals surface area contributed by atoms with E-state index in [9.17, 15) is 22.8 Å². The van der Waals surface area contributed by atoms with Crippen molar-refractivity contribution < 1.29 is 32.6 Å². The van der Waals surface area contributed by atoms with Crippen molar-refractivity contribution in [2.45, 2.75) is 12.6 Å². The largest absolute Gasteiger partial charge is 0.481 e. The molecule has 8 heteroatoms. The first-order chi connectivity index (χ1) is 7.79. The average molecular weight is 255 g/mol. The zero-order valence-electron chi connectivity index (χ0n) is 8.87. The second kappa shape index (κ2) is 5.35. The average Bonchev–Trinajstić information content (AvgIpc) is 2.63. The topological polar surface area (TPSA) is 66.8 Å². The molecule has 0 unspecified atom stereocenters. The summed E-state index contributed by atoms with van der Waals surface area (Å²) < 4.78 is 39.4. The number of carboxylic acid groups (broad SMARTS) is 1. The Labute approximate surface area is 95.1 Å². The van der Waals surface area contributed by atoms with Crippen molar-refractivity contribution in [2.24, 2.45) is 5.92 Å². The first kappa shape index (κ1) is 13.8. The number of likely N-dealkylation sites (tertiary alicyclic amines) is 1. The summed E-state index contributed by atoms with van der Waals surface area (Å²) in [5, 5.41) is 8.68. The Balaban J connectivity index is 2.28. The summed E-state index contributed by atoms with van der Waals surface area (Å²) in [5.74, 6) is -2.25. The molecule has 1 atom stereocenters. The fourth-order valence-corrected chi connectivity index (χ4v) is 1.53. The van der Waals surface area contributed by atoms with Crippen molar-refractivity contribution in [3.05, 3.63) is 0 Å². The van der Waals surface area contributed by atoms with Gasteiger partial charge in [-0.15, -0.1) is 0 Å². The Morgan fingerprint density at radius 1 is 1.41 bits per heavy atom. The predicted molar refractivity (Wildman–Crippen MR) is 49.2 cm³/mol. The Morgan fingerprint density at radius 3 is 2.53 bits per heavy atom. The van der Waals surface area contributed by atoms with E-state index in [0.29, 0.717) is 6.42 Å². The van der Waals surface area contributed by atoms with Crippen LogP contribution in [0.25, 0.3) is 0 Å². The van der Waals surface area contributed by atoms with Gasteiger partial charge in [-0.05, 0) is 6.42 Å². The van der Waals surface area contributed by atoms with E-state index < -0.39 is 37.2 Å². The van der Waals surface area contributed by atoms with E-state index in [-0.39, 0.29) is 13.1 Å². The maximum absolute atomic E-state index is 11.7. The maximum atomic E-state index is 11.7. The molecule has 1 amide bonds. The Hall–Kier alpha value is -1.31. The second-order valence-corrected chi connectivity index (χ2v) is 3.77. The molecule has 1 saturated heterocycles. The van der Waals surface area contributed by atoms with E-state index in [4.69, 9.17) is 5.11 Å². The molecular weight excluding hydrogens is 243 g/mol. The van der Waals surface area contributed by atoms with Crippen molar-refractivity contribution in [2.75, 3.05) is 26.3 Å². The number of amides is 1. The lowest BCUT2D eigenvalue weighted by Gasteiger charge is -2.16. The van der Waals surface area contributed by atoms with Crippen LogP contribution in [0.5, 0.6) is 0 Å². The van der Waals surface area contributed by atoms with E-state index in [1.807, 2.05) is 0 Å². The highest BCUT2D eigenvalue weighted by atomic mass is 19.4. The van der Waals surface area contributed by atoms with E-state index in [2.05, 4.69) is 4.74 Å². The SMILES string of the molecule is O=C(O)[C@@H]1CCN(C(=O)COCC(F)(F)F)C1. The third-order valence-electron chi connectivity index (χ3n) is 2.38. The molecule has 5 nitrogen and oxygen atoms in total. The predicted octanol–water partition coefficient (Wildman–Crippen LogP) is 0.498. The molecule has 1 aliphatic rings. The van der Waals surface area contributed by atoms with Crippen LogP contribution in [0.2, 0.25) is 0 Å². The monoisotopic (exact) mass is 255 g/mol. The molecule has 1 N–H and O–H groups in total. The number of ether oxygens (including phenoxy) is 1. The van der Waals surface area contributed by atoms with E-state index >= 15 is 0 Å². The fraction of sp³-hybridized carbons (Fsp3) is 0.778. The molecule has 0 aliphatic carbocycles. The standard InChI is InChI=1S/C9H12F3NO4/c10-9(11,12)5-17-4-7(14)13-2-1-6(3-13)8(15)16/h6H,1-5H2,(H,15,16)/t6-/m1/s1. The molecule has 0 saturated carbocycles. The van der Waals surface area contributed by atoms with E-state index in [0.717, 1.165) is 0 Å². The quantitative estimate of drug-likeness (QED) is 0.794. The van der Waals surface area contributed by atoms with Crippen LogP contribution < -0.4 is 0 Å². The number of hydrogen-bond acceptors (Lipinski definition) is 3. The summed E-state index contributed by atoms with van der Waals surface area (Å²) in [7, 11) is 0. The summed E-state index contributed by atoms with van der Waals surface area (Å²) in [6, 6.07) is 0. The van der Waals surface area contributed by atoms with Gasteiger partial charge in [-0.2, -0.15) is 13.2 Å². The highest BCUT2D eigenvalue weighted by molar-refractivity contribution is 5.79. The number of carboxylic acids is 1. The minimum absolute atomic E-state index is 0.0313. The molecule has 0 radical (unpaired) electrons. The van der Waals surface area contributed by atoms with Crippen LogP contribution in [-0.2, 0) is 14.3 Å². The molecule has 0 aromatic carbocycles. The normalized spacial score (nSPS) is 20.6. The molecule has 17 heavy (non-hydrogen) atoms. The molecule has 0 aromatic heterocycles. The van der Waals surface area contributed by atoms with Crippen molar-refractivity contribution >= 4 is 11.9 Å². The maximum Gasteiger partial charge on any atom is 0.411 e. The molecule has 1 fully saturated rings. The van der Waals surface area contributed by atoms with Gasteiger partial charge in [-0.3, -0.25) is 9.59 Å². The molecule has 1 heterocycles. The zero-order valence-corrected chi connectivity index (χ0v) is 8.87. The third kappa shape index (κ3) is 4.59. The van der Waals surface area contributed by atoms with Gasteiger partial charge >= 0.3 is 12.1 Å². The van der Waals surface area contributed by atoms with Gasteiger partial charge in [0, 0.05) is 13.1 Å². The molecule has 1 rings (SSSR count). The van der Waals surface area contributed by atoms with Gasteiger partial charge in [-0.25, -0.2) is 0 Å². The highest BCUT2D eigenvalue weighted by Crippen LogP contribution is 2.17. The molecule has 0 aromatic rings. The van der Waals surface area contributed by atoms with Crippen molar-refractivity contribution in [1.29, 1.82) is 0 Å². The van der Waals surface area contributed by atoms with Crippen molar-refractivity contribution in [3.8, 4) is 0 Å². The van der Waals surface area contributed by atoms with Gasteiger partial charge in [0.05, 0.1) is 5.92 Å². The third-order valence-corrected chi connectivity index (χ3v) is 2.38. The minimum atomic E-state index is -4.46. The summed E-state index contributed by atoms with van der Waals surface area (Å²) >= 11 is 0. The summed E-state index contributed by atoms with van der Waals surface area (Å²) in [6.45, 7) is -1.88. The lowest BCUT2D eigenvalue weighted by molar-refractivity contribution is -0.177. The van der Waals surface area contributed by atoms with Gasteiger partial charge in [0.1, 0.15) is 13.2 Å². The first-order valence-corrected chi connectivity index (χ1v) is 4.94. The fourth-order valence-electron chi connectivity index (χ4n) is 1.53. The van der Waals surface area contributed by atoms with Gasteiger partial charge in [0.2, 0.25) is 5.91 Å². The van der Waals surface area contributed by atoms with Gasteiger partial charge in [0.25, 0.3) is 0 Å². The number of carbonyl (C=O) groups is 2.